The third-order valence-electron chi connectivity index (χ3n) is 3.64. The van der Waals surface area contributed by atoms with Gasteiger partial charge in [-0.25, -0.2) is 4.39 Å². The van der Waals surface area contributed by atoms with Crippen molar-refractivity contribution < 1.29 is 4.39 Å². The third-order valence-corrected chi connectivity index (χ3v) is 3.64. The predicted octanol–water partition coefficient (Wildman–Crippen LogP) is 3.71. The maximum atomic E-state index is 13.2. The topological polar surface area (TPSA) is 38.0 Å². The molecule has 0 bridgehead atoms. The highest BCUT2D eigenvalue weighted by Crippen LogP contribution is 2.26. The SMILES string of the molecule is Cc1cc(NCC2CCCCC2)c(N)cc1F. The lowest BCUT2D eigenvalue weighted by atomic mass is 9.89. The van der Waals surface area contributed by atoms with Crippen LogP contribution in [0.2, 0.25) is 0 Å². The van der Waals surface area contributed by atoms with Gasteiger partial charge in [0.15, 0.2) is 0 Å². The number of benzene rings is 1. The molecular weight excluding hydrogens is 215 g/mol. The Morgan fingerprint density at radius 2 is 2.00 bits per heavy atom. The second-order valence-electron chi connectivity index (χ2n) is 5.07. The number of anilines is 2. The minimum absolute atomic E-state index is 0.231. The fourth-order valence-corrected chi connectivity index (χ4v) is 2.50. The van der Waals surface area contributed by atoms with Crippen LogP contribution < -0.4 is 11.1 Å². The summed E-state index contributed by atoms with van der Waals surface area (Å²) in [7, 11) is 0. The first-order valence-corrected chi connectivity index (χ1v) is 6.46. The minimum atomic E-state index is -0.231. The predicted molar refractivity (Wildman–Crippen MR) is 70.6 cm³/mol. The molecule has 0 spiro atoms. The van der Waals surface area contributed by atoms with Gasteiger partial charge in [-0.15, -0.1) is 0 Å². The highest BCUT2D eigenvalue weighted by molar-refractivity contribution is 5.67. The molecular formula is C14H21FN2. The largest absolute Gasteiger partial charge is 0.397 e. The summed E-state index contributed by atoms with van der Waals surface area (Å²) in [5.74, 6) is 0.513. The number of aryl methyl sites for hydroxylation is 1. The van der Waals surface area contributed by atoms with Crippen molar-refractivity contribution in [3.63, 3.8) is 0 Å². The zero-order valence-corrected chi connectivity index (χ0v) is 10.4. The summed E-state index contributed by atoms with van der Waals surface area (Å²) in [6, 6.07) is 3.20. The number of halogens is 1. The van der Waals surface area contributed by atoms with Gasteiger partial charge in [0.1, 0.15) is 5.82 Å². The Balaban J connectivity index is 1.96. The fourth-order valence-electron chi connectivity index (χ4n) is 2.50. The van der Waals surface area contributed by atoms with Crippen molar-refractivity contribution in [3.05, 3.63) is 23.5 Å². The Bertz CT molecular complexity index is 384. The first-order chi connectivity index (χ1) is 8.16. The fraction of sp³-hybridized carbons (Fsp3) is 0.571. The van der Waals surface area contributed by atoms with Crippen molar-refractivity contribution in [1.29, 1.82) is 0 Å². The normalized spacial score (nSPS) is 17.1. The summed E-state index contributed by atoms with van der Waals surface area (Å²) in [5, 5.41) is 3.36. The molecule has 2 nitrogen and oxygen atoms in total. The van der Waals surface area contributed by atoms with E-state index < -0.39 is 0 Å². The smallest absolute Gasteiger partial charge is 0.128 e. The van der Waals surface area contributed by atoms with E-state index >= 15 is 0 Å². The molecule has 3 N–H and O–H groups in total. The van der Waals surface area contributed by atoms with Gasteiger partial charge in [-0.2, -0.15) is 0 Å². The van der Waals surface area contributed by atoms with Crippen molar-refractivity contribution in [2.45, 2.75) is 39.0 Å². The average molecular weight is 236 g/mol. The second kappa shape index (κ2) is 5.39. The summed E-state index contributed by atoms with van der Waals surface area (Å²) in [6.45, 7) is 2.72. The van der Waals surface area contributed by atoms with Crippen LogP contribution in [-0.2, 0) is 0 Å². The molecule has 0 heterocycles. The number of nitrogen functional groups attached to an aromatic ring is 1. The van der Waals surface area contributed by atoms with Gasteiger partial charge in [0.2, 0.25) is 0 Å². The van der Waals surface area contributed by atoms with E-state index in [0.29, 0.717) is 11.3 Å². The van der Waals surface area contributed by atoms with Crippen LogP contribution in [0.15, 0.2) is 12.1 Å². The van der Waals surface area contributed by atoms with Gasteiger partial charge in [-0.3, -0.25) is 0 Å². The van der Waals surface area contributed by atoms with Gasteiger partial charge in [0, 0.05) is 6.54 Å². The van der Waals surface area contributed by atoms with Gasteiger partial charge in [-0.1, -0.05) is 19.3 Å². The monoisotopic (exact) mass is 236 g/mol. The third kappa shape index (κ3) is 3.11. The van der Waals surface area contributed by atoms with Gasteiger partial charge in [0.25, 0.3) is 0 Å². The zero-order chi connectivity index (χ0) is 12.3. The molecule has 0 unspecified atom stereocenters. The average Bonchev–Trinajstić information content (AvgIpc) is 2.33. The van der Waals surface area contributed by atoms with Crippen LogP contribution in [0.4, 0.5) is 15.8 Å². The van der Waals surface area contributed by atoms with Gasteiger partial charge >= 0.3 is 0 Å². The maximum Gasteiger partial charge on any atom is 0.128 e. The Morgan fingerprint density at radius 1 is 1.29 bits per heavy atom. The number of nitrogens with two attached hydrogens (primary N) is 1. The Kier molecular flexibility index (Phi) is 3.87. The van der Waals surface area contributed by atoms with Crippen molar-refractivity contribution in [3.8, 4) is 0 Å². The number of nitrogens with one attached hydrogen (secondary N) is 1. The Labute approximate surface area is 102 Å². The molecule has 0 aliphatic heterocycles. The molecule has 0 atom stereocenters. The van der Waals surface area contributed by atoms with Crippen molar-refractivity contribution in [2.75, 3.05) is 17.6 Å². The Hall–Kier alpha value is -1.25. The van der Waals surface area contributed by atoms with Crippen molar-refractivity contribution in [2.24, 2.45) is 5.92 Å². The van der Waals surface area contributed by atoms with E-state index in [-0.39, 0.29) is 5.82 Å². The molecule has 0 radical (unpaired) electrons. The van der Waals surface area contributed by atoms with Crippen LogP contribution in [0, 0.1) is 18.7 Å². The summed E-state index contributed by atoms with van der Waals surface area (Å²) < 4.78 is 13.2. The van der Waals surface area contributed by atoms with E-state index in [9.17, 15) is 4.39 Å². The van der Waals surface area contributed by atoms with Crippen LogP contribution in [0.3, 0.4) is 0 Å². The standard InChI is InChI=1S/C14H21FN2/c1-10-7-14(13(16)8-12(10)15)17-9-11-5-3-2-4-6-11/h7-8,11,17H,2-6,9,16H2,1H3. The summed E-state index contributed by atoms with van der Waals surface area (Å²) >= 11 is 0. The lowest BCUT2D eigenvalue weighted by Gasteiger charge is -2.22. The molecule has 2 rings (SSSR count). The lowest BCUT2D eigenvalue weighted by molar-refractivity contribution is 0.373. The molecule has 3 heteroatoms. The van der Waals surface area contributed by atoms with Crippen LogP contribution >= 0.6 is 0 Å². The second-order valence-corrected chi connectivity index (χ2v) is 5.07. The zero-order valence-electron chi connectivity index (χ0n) is 10.4. The highest BCUT2D eigenvalue weighted by atomic mass is 19.1. The Morgan fingerprint density at radius 3 is 2.71 bits per heavy atom. The van der Waals surface area contributed by atoms with E-state index in [0.717, 1.165) is 18.2 Å². The van der Waals surface area contributed by atoms with E-state index in [1.54, 1.807) is 13.0 Å². The lowest BCUT2D eigenvalue weighted by Crippen LogP contribution is -2.17. The van der Waals surface area contributed by atoms with Crippen LogP contribution in [0.25, 0.3) is 0 Å². The molecule has 0 aromatic heterocycles. The van der Waals surface area contributed by atoms with Gasteiger partial charge < -0.3 is 11.1 Å². The van der Waals surface area contributed by atoms with Gasteiger partial charge in [-0.05, 0) is 43.4 Å². The molecule has 1 aliphatic rings. The number of hydrogen-bond donors (Lipinski definition) is 2. The first kappa shape index (κ1) is 12.2. The molecule has 1 aromatic carbocycles. The summed E-state index contributed by atoms with van der Waals surface area (Å²) in [5.41, 5.74) is 7.82. The molecule has 1 aliphatic carbocycles. The van der Waals surface area contributed by atoms with Crippen LogP contribution in [-0.4, -0.2) is 6.54 Å². The molecule has 0 saturated heterocycles. The molecule has 94 valence electrons. The molecule has 1 saturated carbocycles. The molecule has 1 aromatic rings. The quantitative estimate of drug-likeness (QED) is 0.785. The maximum absolute atomic E-state index is 13.2. The van der Waals surface area contributed by atoms with Crippen LogP contribution in [0.1, 0.15) is 37.7 Å². The number of rotatable bonds is 3. The highest BCUT2D eigenvalue weighted by Gasteiger charge is 2.13. The molecule has 0 amide bonds. The van der Waals surface area contributed by atoms with Crippen LogP contribution in [0.5, 0.6) is 0 Å². The number of hydrogen-bond acceptors (Lipinski definition) is 2. The molecule has 1 fully saturated rings. The minimum Gasteiger partial charge on any atom is -0.397 e. The first-order valence-electron chi connectivity index (χ1n) is 6.46. The van der Waals surface area contributed by atoms with Gasteiger partial charge in [0.05, 0.1) is 11.4 Å². The summed E-state index contributed by atoms with van der Waals surface area (Å²) in [6.07, 6.45) is 6.64. The van der Waals surface area contributed by atoms with E-state index in [4.69, 9.17) is 5.73 Å². The van der Waals surface area contributed by atoms with E-state index in [1.165, 1.54) is 38.2 Å². The molecule has 17 heavy (non-hydrogen) atoms. The van der Waals surface area contributed by atoms with E-state index in [1.807, 2.05) is 0 Å². The van der Waals surface area contributed by atoms with E-state index in [2.05, 4.69) is 5.32 Å². The van der Waals surface area contributed by atoms with Crippen molar-refractivity contribution in [1.82, 2.24) is 0 Å². The summed E-state index contributed by atoms with van der Waals surface area (Å²) in [4.78, 5) is 0. The van der Waals surface area contributed by atoms with Crippen molar-refractivity contribution >= 4 is 11.4 Å².